The summed E-state index contributed by atoms with van der Waals surface area (Å²) >= 11 is 0. The molecule has 5 rings (SSSR count). The monoisotopic (exact) mass is 431 g/mol. The highest BCUT2D eigenvalue weighted by Crippen LogP contribution is 2.49. The molecule has 1 aromatic heterocycles. The summed E-state index contributed by atoms with van der Waals surface area (Å²) < 4.78 is 11.5. The summed E-state index contributed by atoms with van der Waals surface area (Å²) in [6.07, 6.45) is 4.71. The molecular formula is C26H29N3O3. The summed E-state index contributed by atoms with van der Waals surface area (Å²) in [5.74, 6) is 1.41. The molecule has 0 radical (unpaired) electrons. The fraction of sp³-hybridized carbons (Fsp3) is 0.385. The van der Waals surface area contributed by atoms with Crippen molar-refractivity contribution in [3.8, 4) is 11.5 Å². The molecule has 1 aliphatic carbocycles. The van der Waals surface area contributed by atoms with E-state index in [0.29, 0.717) is 18.2 Å². The van der Waals surface area contributed by atoms with Gasteiger partial charge in [0.1, 0.15) is 18.1 Å². The Balaban J connectivity index is 1.39. The van der Waals surface area contributed by atoms with Crippen molar-refractivity contribution in [3.63, 3.8) is 0 Å². The lowest BCUT2D eigenvalue weighted by atomic mass is 9.97. The number of carbonyl (C=O) groups is 1. The SMILES string of the molecule is COc1cc(C2(NC(=O)c3cc(OC[C@H]4CCN4C)ccc3C)CC2)c2cccnc2c1. The lowest BCUT2D eigenvalue weighted by molar-refractivity contribution is 0.0767. The molecule has 1 amide bonds. The molecule has 1 saturated heterocycles. The van der Waals surface area contributed by atoms with Crippen LogP contribution in [0.25, 0.3) is 10.9 Å². The number of ether oxygens (including phenoxy) is 2. The van der Waals surface area contributed by atoms with Crippen molar-refractivity contribution < 1.29 is 14.3 Å². The van der Waals surface area contributed by atoms with Gasteiger partial charge in [-0.15, -0.1) is 0 Å². The number of amides is 1. The summed E-state index contributed by atoms with van der Waals surface area (Å²) in [6.45, 7) is 3.72. The number of likely N-dealkylation sites (tertiary alicyclic amines) is 1. The average Bonchev–Trinajstić information content (AvgIpc) is 3.58. The molecule has 1 aliphatic heterocycles. The summed E-state index contributed by atoms with van der Waals surface area (Å²) in [6, 6.07) is 14.2. The van der Waals surface area contributed by atoms with E-state index in [4.69, 9.17) is 9.47 Å². The molecular weight excluding hydrogens is 402 g/mol. The standard InChI is InChI=1S/C26H29N3O3/c1-17-6-7-19(32-16-18-8-12-29(18)2)13-22(17)25(30)28-26(9-10-26)23-14-20(31-3)15-24-21(23)5-4-11-27-24/h4-7,11,13-15,18H,8-10,12,16H2,1-3H3,(H,28,30)/t18-/m1/s1. The van der Waals surface area contributed by atoms with Crippen molar-refractivity contribution in [1.82, 2.24) is 15.2 Å². The van der Waals surface area contributed by atoms with Crippen LogP contribution in [-0.4, -0.2) is 49.1 Å². The summed E-state index contributed by atoms with van der Waals surface area (Å²) in [7, 11) is 3.76. The third-order valence-electron chi connectivity index (χ3n) is 6.88. The second-order valence-electron chi connectivity index (χ2n) is 8.99. The molecule has 166 valence electrons. The van der Waals surface area contributed by atoms with Crippen LogP contribution >= 0.6 is 0 Å². The quantitative estimate of drug-likeness (QED) is 0.611. The number of nitrogens with zero attached hydrogens (tertiary/aromatic N) is 2. The molecule has 6 heteroatoms. The molecule has 2 aromatic carbocycles. The zero-order valence-corrected chi connectivity index (χ0v) is 18.9. The normalized spacial score (nSPS) is 19.3. The first-order valence-electron chi connectivity index (χ1n) is 11.2. The Morgan fingerprint density at radius 2 is 2.06 bits per heavy atom. The van der Waals surface area contributed by atoms with Gasteiger partial charge in [-0.3, -0.25) is 14.7 Å². The minimum Gasteiger partial charge on any atom is -0.497 e. The fourth-order valence-electron chi connectivity index (χ4n) is 4.45. The van der Waals surface area contributed by atoms with Crippen molar-refractivity contribution in [2.45, 2.75) is 37.8 Å². The van der Waals surface area contributed by atoms with Crippen molar-refractivity contribution >= 4 is 16.8 Å². The molecule has 0 unspecified atom stereocenters. The van der Waals surface area contributed by atoms with Gasteiger partial charge in [-0.25, -0.2) is 0 Å². The largest absolute Gasteiger partial charge is 0.497 e. The summed E-state index contributed by atoms with van der Waals surface area (Å²) in [4.78, 5) is 20.2. The van der Waals surface area contributed by atoms with Gasteiger partial charge in [-0.1, -0.05) is 12.1 Å². The topological polar surface area (TPSA) is 63.7 Å². The highest BCUT2D eigenvalue weighted by molar-refractivity contribution is 5.97. The Kier molecular flexibility index (Phi) is 5.25. The molecule has 0 spiro atoms. The Morgan fingerprint density at radius 1 is 1.22 bits per heavy atom. The zero-order valence-electron chi connectivity index (χ0n) is 18.9. The van der Waals surface area contributed by atoms with E-state index in [0.717, 1.165) is 59.3 Å². The number of hydrogen-bond donors (Lipinski definition) is 1. The first-order chi connectivity index (χ1) is 15.5. The van der Waals surface area contributed by atoms with Gasteiger partial charge in [-0.2, -0.15) is 0 Å². The van der Waals surface area contributed by atoms with E-state index < -0.39 is 5.54 Å². The van der Waals surface area contributed by atoms with Crippen LogP contribution < -0.4 is 14.8 Å². The minimum atomic E-state index is -0.398. The second kappa shape index (κ2) is 8.10. The average molecular weight is 432 g/mol. The molecule has 3 aromatic rings. The van der Waals surface area contributed by atoms with E-state index in [2.05, 4.69) is 28.3 Å². The van der Waals surface area contributed by atoms with E-state index in [1.807, 2.05) is 43.3 Å². The molecule has 2 heterocycles. The molecule has 2 fully saturated rings. The van der Waals surface area contributed by atoms with E-state index in [1.54, 1.807) is 13.3 Å². The van der Waals surface area contributed by atoms with Gasteiger partial charge in [0.25, 0.3) is 5.91 Å². The molecule has 32 heavy (non-hydrogen) atoms. The Bertz CT molecular complexity index is 1170. The highest BCUT2D eigenvalue weighted by Gasteiger charge is 2.47. The number of methoxy groups -OCH3 is 1. The first-order valence-corrected chi connectivity index (χ1v) is 11.2. The van der Waals surface area contributed by atoms with Crippen LogP contribution in [0.5, 0.6) is 11.5 Å². The maximum atomic E-state index is 13.4. The lowest BCUT2D eigenvalue weighted by Crippen LogP contribution is -2.48. The Morgan fingerprint density at radius 3 is 2.75 bits per heavy atom. The van der Waals surface area contributed by atoms with Gasteiger partial charge in [-0.05, 0) is 75.2 Å². The smallest absolute Gasteiger partial charge is 0.252 e. The number of nitrogens with one attached hydrogen (secondary N) is 1. The second-order valence-corrected chi connectivity index (χ2v) is 8.99. The van der Waals surface area contributed by atoms with Crippen LogP contribution in [0.3, 0.4) is 0 Å². The zero-order chi connectivity index (χ0) is 22.3. The van der Waals surface area contributed by atoms with Crippen LogP contribution in [0.4, 0.5) is 0 Å². The molecule has 1 atom stereocenters. The Labute approximate surface area is 188 Å². The summed E-state index contributed by atoms with van der Waals surface area (Å²) in [5, 5.41) is 4.37. The third kappa shape index (κ3) is 3.79. The van der Waals surface area contributed by atoms with Crippen LogP contribution in [0, 0.1) is 6.92 Å². The predicted octanol–water partition coefficient (Wildman–Crippen LogP) is 4.05. The third-order valence-corrected chi connectivity index (χ3v) is 6.88. The van der Waals surface area contributed by atoms with Crippen molar-refractivity contribution in [2.24, 2.45) is 0 Å². The lowest BCUT2D eigenvalue weighted by Gasteiger charge is -2.37. The number of benzene rings is 2. The van der Waals surface area contributed by atoms with Crippen LogP contribution in [0.15, 0.2) is 48.7 Å². The number of hydrogen-bond acceptors (Lipinski definition) is 5. The number of aromatic nitrogens is 1. The minimum absolute atomic E-state index is 0.0777. The van der Waals surface area contributed by atoms with Crippen molar-refractivity contribution in [3.05, 3.63) is 65.4 Å². The van der Waals surface area contributed by atoms with E-state index in [1.165, 1.54) is 0 Å². The molecule has 0 bridgehead atoms. The molecule has 2 aliphatic rings. The van der Waals surface area contributed by atoms with E-state index in [9.17, 15) is 4.79 Å². The number of fused-ring (bicyclic) bond motifs is 1. The van der Waals surface area contributed by atoms with Gasteiger partial charge < -0.3 is 14.8 Å². The summed E-state index contributed by atoms with van der Waals surface area (Å²) in [5.41, 5.74) is 3.12. The maximum absolute atomic E-state index is 13.4. The van der Waals surface area contributed by atoms with Crippen molar-refractivity contribution in [2.75, 3.05) is 27.3 Å². The maximum Gasteiger partial charge on any atom is 0.252 e. The molecule has 1 saturated carbocycles. The van der Waals surface area contributed by atoms with E-state index in [-0.39, 0.29) is 5.91 Å². The van der Waals surface area contributed by atoms with Crippen LogP contribution in [0.2, 0.25) is 0 Å². The Hall–Kier alpha value is -3.12. The molecule has 6 nitrogen and oxygen atoms in total. The van der Waals surface area contributed by atoms with Gasteiger partial charge in [0.15, 0.2) is 0 Å². The van der Waals surface area contributed by atoms with Crippen molar-refractivity contribution in [1.29, 1.82) is 0 Å². The number of likely N-dealkylation sites (N-methyl/N-ethyl adjacent to an activating group) is 1. The van der Waals surface area contributed by atoms with Gasteiger partial charge in [0, 0.05) is 29.3 Å². The van der Waals surface area contributed by atoms with E-state index >= 15 is 0 Å². The first kappa shape index (κ1) is 20.8. The number of carbonyl (C=O) groups excluding carboxylic acids is 1. The van der Waals surface area contributed by atoms with Crippen LogP contribution in [0.1, 0.15) is 40.7 Å². The van der Waals surface area contributed by atoms with Gasteiger partial charge in [0.2, 0.25) is 0 Å². The predicted molar refractivity (Wildman–Crippen MR) is 124 cm³/mol. The molecule has 1 N–H and O–H groups in total. The van der Waals surface area contributed by atoms with Gasteiger partial charge >= 0.3 is 0 Å². The fourth-order valence-corrected chi connectivity index (χ4v) is 4.45. The number of pyridine rings is 1. The highest BCUT2D eigenvalue weighted by atomic mass is 16.5. The number of rotatable bonds is 7. The van der Waals surface area contributed by atoms with Gasteiger partial charge in [0.05, 0.1) is 18.2 Å². The number of aryl methyl sites for hydroxylation is 1. The van der Waals surface area contributed by atoms with Crippen LogP contribution in [-0.2, 0) is 5.54 Å².